The summed E-state index contributed by atoms with van der Waals surface area (Å²) in [5, 5.41) is 0. The minimum absolute atomic E-state index is 0.111. The molecule has 30 heavy (non-hydrogen) atoms. The Hall–Kier alpha value is -2.94. The Labute approximate surface area is 175 Å². The van der Waals surface area contributed by atoms with Crippen molar-refractivity contribution in [2.75, 3.05) is 20.2 Å². The Bertz CT molecular complexity index is 1070. The molecule has 1 N–H and O–H groups in total. The van der Waals surface area contributed by atoms with Gasteiger partial charge in [-0.15, -0.1) is 0 Å². The first-order chi connectivity index (χ1) is 14.2. The van der Waals surface area contributed by atoms with Crippen molar-refractivity contribution >= 4 is 21.8 Å². The number of ether oxygens (including phenoxy) is 1. The van der Waals surface area contributed by atoms with Crippen LogP contribution in [-0.4, -0.2) is 51.3 Å². The smallest absolute Gasteiger partial charge is 0.263 e. The highest BCUT2D eigenvalue weighted by atomic mass is 32.2. The summed E-state index contributed by atoms with van der Waals surface area (Å²) in [6.07, 6.45) is 0. The number of fused-ring (bicyclic) bond motifs is 1. The van der Waals surface area contributed by atoms with Gasteiger partial charge in [0.2, 0.25) is 5.91 Å². The van der Waals surface area contributed by atoms with Gasteiger partial charge in [-0.25, -0.2) is 12.8 Å². The van der Waals surface area contributed by atoms with Crippen LogP contribution in [0.5, 0.6) is 5.75 Å². The summed E-state index contributed by atoms with van der Waals surface area (Å²) < 4.78 is 46.1. The van der Waals surface area contributed by atoms with Gasteiger partial charge in [-0.3, -0.25) is 14.5 Å². The zero-order valence-electron chi connectivity index (χ0n) is 17.0. The molecular formula is C21H24FN3O4S. The van der Waals surface area contributed by atoms with Crippen molar-refractivity contribution in [1.82, 2.24) is 9.62 Å². The average Bonchev–Trinajstić information content (AvgIpc) is 2.97. The average molecular weight is 434 g/mol. The van der Waals surface area contributed by atoms with Crippen molar-refractivity contribution in [1.29, 1.82) is 0 Å². The number of hydrogen-bond acceptors (Lipinski definition) is 5. The lowest BCUT2D eigenvalue weighted by molar-refractivity contribution is -0.132. The van der Waals surface area contributed by atoms with Crippen LogP contribution in [0.3, 0.4) is 0 Å². The van der Waals surface area contributed by atoms with Crippen LogP contribution < -0.4 is 9.46 Å². The van der Waals surface area contributed by atoms with E-state index in [0.717, 1.165) is 0 Å². The molecule has 9 heteroatoms. The molecule has 0 fully saturated rings. The number of amides is 1. The van der Waals surface area contributed by atoms with Gasteiger partial charge in [0.25, 0.3) is 10.0 Å². The number of benzene rings is 2. The molecule has 7 nitrogen and oxygen atoms in total. The lowest BCUT2D eigenvalue weighted by atomic mass is 10.0. The molecule has 1 atom stereocenters. The number of carbonyl (C=O) groups is 1. The predicted molar refractivity (Wildman–Crippen MR) is 111 cm³/mol. The second kappa shape index (κ2) is 8.83. The van der Waals surface area contributed by atoms with Crippen LogP contribution in [0.1, 0.15) is 19.4 Å². The summed E-state index contributed by atoms with van der Waals surface area (Å²) >= 11 is 0. The highest BCUT2D eigenvalue weighted by Gasteiger charge is 2.33. The van der Waals surface area contributed by atoms with E-state index in [1.807, 2.05) is 13.8 Å². The zero-order valence-corrected chi connectivity index (χ0v) is 17.8. The van der Waals surface area contributed by atoms with Crippen LogP contribution in [0.15, 0.2) is 58.4 Å². The lowest BCUT2D eigenvalue weighted by Crippen LogP contribution is -2.41. The van der Waals surface area contributed by atoms with E-state index in [1.54, 1.807) is 37.4 Å². The molecule has 0 aromatic heterocycles. The monoisotopic (exact) mass is 433 g/mol. The number of aliphatic imine (C=N–C) groups is 1. The first kappa shape index (κ1) is 21.8. The van der Waals surface area contributed by atoms with Crippen LogP contribution in [0.2, 0.25) is 0 Å². The van der Waals surface area contributed by atoms with Gasteiger partial charge in [0, 0.05) is 12.6 Å². The van der Waals surface area contributed by atoms with Crippen molar-refractivity contribution in [3.63, 3.8) is 0 Å². The van der Waals surface area contributed by atoms with E-state index < -0.39 is 21.9 Å². The molecule has 0 radical (unpaired) electrons. The van der Waals surface area contributed by atoms with Crippen LogP contribution in [-0.2, 0) is 14.8 Å². The van der Waals surface area contributed by atoms with E-state index in [4.69, 9.17) is 4.74 Å². The van der Waals surface area contributed by atoms with E-state index >= 15 is 0 Å². The molecule has 0 bridgehead atoms. The number of rotatable bonds is 7. The summed E-state index contributed by atoms with van der Waals surface area (Å²) in [4.78, 5) is 19.0. The highest BCUT2D eigenvalue weighted by Crippen LogP contribution is 2.24. The minimum atomic E-state index is -3.68. The molecule has 2 aromatic rings. The minimum Gasteiger partial charge on any atom is -0.489 e. The molecule has 1 aliphatic rings. The summed E-state index contributed by atoms with van der Waals surface area (Å²) in [6, 6.07) is 11.8. The van der Waals surface area contributed by atoms with Gasteiger partial charge in [-0.05, 0) is 30.2 Å². The molecular weight excluding hydrogens is 409 g/mol. The zero-order chi connectivity index (χ0) is 21.9. The Morgan fingerprint density at radius 2 is 1.83 bits per heavy atom. The maximum absolute atomic E-state index is 13.6. The molecule has 0 spiro atoms. The first-order valence-corrected chi connectivity index (χ1v) is 11.0. The van der Waals surface area contributed by atoms with Gasteiger partial charge in [-0.1, -0.05) is 38.1 Å². The Kier molecular flexibility index (Phi) is 6.40. The van der Waals surface area contributed by atoms with Crippen molar-refractivity contribution in [3.05, 3.63) is 59.9 Å². The molecule has 0 aliphatic carbocycles. The van der Waals surface area contributed by atoms with Crippen molar-refractivity contribution < 1.29 is 22.3 Å². The SMILES string of the molecule is CC(C)[C@H](N=C1NS(=O)(=O)c2ccccc21)C(=O)N(C)CCOc1ccccc1F. The number of amidine groups is 1. The summed E-state index contributed by atoms with van der Waals surface area (Å²) in [7, 11) is -2.08. The van der Waals surface area contributed by atoms with Crippen molar-refractivity contribution in [2.45, 2.75) is 24.8 Å². The van der Waals surface area contributed by atoms with Gasteiger partial charge >= 0.3 is 0 Å². The van der Waals surface area contributed by atoms with Gasteiger partial charge in [-0.2, -0.15) is 0 Å². The number of nitrogens with one attached hydrogen (secondary N) is 1. The largest absolute Gasteiger partial charge is 0.489 e. The lowest BCUT2D eigenvalue weighted by Gasteiger charge is -2.24. The molecule has 1 amide bonds. The number of halogens is 1. The van der Waals surface area contributed by atoms with Crippen molar-refractivity contribution in [3.8, 4) is 5.75 Å². The normalized spacial score (nSPS) is 16.8. The third-order valence-electron chi connectivity index (χ3n) is 4.71. The van der Waals surface area contributed by atoms with Crippen LogP contribution >= 0.6 is 0 Å². The van der Waals surface area contributed by atoms with E-state index in [1.165, 1.54) is 23.1 Å². The second-order valence-electron chi connectivity index (χ2n) is 7.31. The van der Waals surface area contributed by atoms with Gasteiger partial charge in [0.15, 0.2) is 11.6 Å². The highest BCUT2D eigenvalue weighted by molar-refractivity contribution is 7.90. The van der Waals surface area contributed by atoms with Gasteiger partial charge < -0.3 is 9.64 Å². The number of carbonyl (C=O) groups excluding carboxylic acids is 1. The molecule has 0 saturated carbocycles. The standard InChI is InChI=1S/C21H24FN3O4S/c1-14(2)19(23-20-15-8-4-7-11-18(15)30(27,28)24-20)21(26)25(3)12-13-29-17-10-6-5-9-16(17)22/h4-11,14,19H,12-13H2,1-3H3,(H,23,24)/t19-/m0/s1. The van der Waals surface area contributed by atoms with E-state index in [-0.39, 0.29) is 41.5 Å². The fourth-order valence-corrected chi connectivity index (χ4v) is 4.29. The van der Waals surface area contributed by atoms with E-state index in [2.05, 4.69) is 9.71 Å². The van der Waals surface area contributed by atoms with Crippen LogP contribution in [0.4, 0.5) is 4.39 Å². The Morgan fingerprint density at radius 3 is 2.53 bits per heavy atom. The first-order valence-electron chi connectivity index (χ1n) is 9.53. The number of nitrogens with zero attached hydrogens (tertiary/aromatic N) is 2. The fourth-order valence-electron chi connectivity index (χ4n) is 3.05. The van der Waals surface area contributed by atoms with Gasteiger partial charge in [0.1, 0.15) is 18.5 Å². The molecule has 0 saturated heterocycles. The third kappa shape index (κ3) is 4.62. The summed E-state index contributed by atoms with van der Waals surface area (Å²) in [6.45, 7) is 4.01. The van der Waals surface area contributed by atoms with Crippen LogP contribution in [0, 0.1) is 11.7 Å². The number of likely N-dealkylation sites (N-methyl/N-ethyl adjacent to an activating group) is 1. The third-order valence-corrected chi connectivity index (χ3v) is 6.11. The van der Waals surface area contributed by atoms with E-state index in [0.29, 0.717) is 5.56 Å². The predicted octanol–water partition coefficient (Wildman–Crippen LogP) is 2.43. The number of sulfonamides is 1. The van der Waals surface area contributed by atoms with E-state index in [9.17, 15) is 17.6 Å². The summed E-state index contributed by atoms with van der Waals surface area (Å²) in [5.74, 6) is -0.634. The van der Waals surface area contributed by atoms with Crippen molar-refractivity contribution in [2.24, 2.45) is 10.9 Å². The topological polar surface area (TPSA) is 88.1 Å². The fraction of sp³-hybridized carbons (Fsp3) is 0.333. The Morgan fingerprint density at radius 1 is 1.17 bits per heavy atom. The summed E-state index contributed by atoms with van der Waals surface area (Å²) in [5.41, 5.74) is 0.446. The maximum atomic E-state index is 13.6. The molecule has 2 aromatic carbocycles. The van der Waals surface area contributed by atoms with Gasteiger partial charge in [0.05, 0.1) is 11.4 Å². The molecule has 3 rings (SSSR count). The number of hydrogen-bond donors (Lipinski definition) is 1. The molecule has 0 unspecified atom stereocenters. The quantitative estimate of drug-likeness (QED) is 0.726. The van der Waals surface area contributed by atoms with Crippen LogP contribution in [0.25, 0.3) is 0 Å². The Balaban J connectivity index is 1.72. The maximum Gasteiger partial charge on any atom is 0.263 e. The molecule has 1 heterocycles. The molecule has 1 aliphatic heterocycles. The number of para-hydroxylation sites is 1. The second-order valence-corrected chi connectivity index (χ2v) is 8.96. The molecule has 160 valence electrons.